The Morgan fingerprint density at radius 3 is 2.09 bits per heavy atom. The van der Waals surface area contributed by atoms with Crippen LogP contribution in [0.25, 0.3) is 0 Å². The Bertz CT molecular complexity index is 586. The predicted molar refractivity (Wildman–Crippen MR) is 95.4 cm³/mol. The molecule has 2 aromatic heterocycles. The predicted octanol–water partition coefficient (Wildman–Crippen LogP) is 6.50. The summed E-state index contributed by atoms with van der Waals surface area (Å²) < 4.78 is 10.2. The molecule has 0 unspecified atom stereocenters. The van der Waals surface area contributed by atoms with Crippen molar-refractivity contribution < 1.29 is 8.83 Å². The molecule has 0 aliphatic rings. The van der Waals surface area contributed by atoms with Gasteiger partial charge in [0.15, 0.2) is 0 Å². The Morgan fingerprint density at radius 2 is 1.43 bits per heavy atom. The minimum Gasteiger partial charge on any atom is -0.472 e. The van der Waals surface area contributed by atoms with Gasteiger partial charge in [-0.1, -0.05) is 23.3 Å². The maximum absolute atomic E-state index is 5.09. The van der Waals surface area contributed by atoms with Crippen molar-refractivity contribution in [2.75, 3.05) is 0 Å². The Hall–Kier alpha value is -1.96. The van der Waals surface area contributed by atoms with Gasteiger partial charge in [0.1, 0.15) is 0 Å². The molecule has 0 aliphatic carbocycles. The van der Waals surface area contributed by atoms with Gasteiger partial charge in [-0.3, -0.25) is 0 Å². The highest BCUT2D eigenvalue weighted by atomic mass is 16.3. The van der Waals surface area contributed by atoms with Crippen LogP contribution in [0.15, 0.2) is 69.3 Å². The number of rotatable bonds is 10. The molecule has 2 heteroatoms. The Morgan fingerprint density at radius 1 is 0.826 bits per heavy atom. The van der Waals surface area contributed by atoms with Crippen molar-refractivity contribution >= 4 is 0 Å². The Kier molecular flexibility index (Phi) is 7.51. The summed E-state index contributed by atoms with van der Waals surface area (Å²) in [7, 11) is 0. The van der Waals surface area contributed by atoms with Crippen molar-refractivity contribution in [3.63, 3.8) is 0 Å². The minimum absolute atomic E-state index is 1.07. The highest BCUT2D eigenvalue weighted by molar-refractivity contribution is 5.09. The molecule has 0 aromatic carbocycles. The van der Waals surface area contributed by atoms with E-state index in [4.69, 9.17) is 8.83 Å². The van der Waals surface area contributed by atoms with Gasteiger partial charge < -0.3 is 8.83 Å². The lowest BCUT2D eigenvalue weighted by atomic mass is 10.0. The lowest BCUT2D eigenvalue weighted by molar-refractivity contribution is 0.563. The highest BCUT2D eigenvalue weighted by Crippen LogP contribution is 2.14. The zero-order valence-corrected chi connectivity index (χ0v) is 14.4. The first-order chi connectivity index (χ1) is 11.2. The van der Waals surface area contributed by atoms with Crippen LogP contribution in [-0.4, -0.2) is 0 Å². The second-order valence-corrected chi connectivity index (χ2v) is 6.30. The average Bonchev–Trinajstić information content (AvgIpc) is 3.20. The molecule has 0 fully saturated rings. The maximum atomic E-state index is 5.09. The number of aryl methyl sites for hydroxylation is 2. The lowest BCUT2D eigenvalue weighted by Gasteiger charge is -2.02. The van der Waals surface area contributed by atoms with E-state index >= 15 is 0 Å². The summed E-state index contributed by atoms with van der Waals surface area (Å²) in [6.45, 7) is 4.48. The number of allylic oxidation sites excluding steroid dienone is 4. The maximum Gasteiger partial charge on any atom is 0.0934 e. The molecule has 2 aromatic rings. The van der Waals surface area contributed by atoms with Crippen LogP contribution in [0.1, 0.15) is 57.1 Å². The summed E-state index contributed by atoms with van der Waals surface area (Å²) in [6.07, 6.45) is 19.9. The van der Waals surface area contributed by atoms with Gasteiger partial charge in [0.05, 0.1) is 25.1 Å². The van der Waals surface area contributed by atoms with Crippen LogP contribution in [-0.2, 0) is 12.8 Å². The van der Waals surface area contributed by atoms with E-state index in [0.29, 0.717) is 0 Å². The number of hydrogen-bond donors (Lipinski definition) is 0. The fourth-order valence-corrected chi connectivity index (χ4v) is 2.68. The summed E-state index contributed by atoms with van der Waals surface area (Å²) >= 11 is 0. The smallest absolute Gasteiger partial charge is 0.0934 e. The molecule has 0 atom stereocenters. The van der Waals surface area contributed by atoms with Gasteiger partial charge in [-0.2, -0.15) is 0 Å². The molecule has 0 saturated carbocycles. The summed E-state index contributed by atoms with van der Waals surface area (Å²) in [4.78, 5) is 0. The fourth-order valence-electron chi connectivity index (χ4n) is 2.68. The molecule has 0 bridgehead atoms. The van der Waals surface area contributed by atoms with Crippen LogP contribution in [0.2, 0.25) is 0 Å². The zero-order chi connectivity index (χ0) is 16.3. The topological polar surface area (TPSA) is 26.3 Å². The van der Waals surface area contributed by atoms with E-state index < -0.39 is 0 Å². The molecule has 2 rings (SSSR count). The standard InChI is InChI=1S/C21H28O2/c1-18(8-4-10-20-12-14-22-16-20)6-3-7-19(2)9-5-11-21-13-15-23-17-21/h6,9,12-17H,3-5,7-8,10-11H2,1-2H3/b18-6+,19-9+. The molecule has 0 saturated heterocycles. The van der Waals surface area contributed by atoms with Gasteiger partial charge in [-0.15, -0.1) is 0 Å². The van der Waals surface area contributed by atoms with Crippen LogP contribution >= 0.6 is 0 Å². The molecule has 2 nitrogen and oxygen atoms in total. The van der Waals surface area contributed by atoms with Crippen molar-refractivity contribution in [2.45, 2.75) is 58.8 Å². The molecule has 0 aliphatic heterocycles. The van der Waals surface area contributed by atoms with Crippen molar-refractivity contribution in [1.82, 2.24) is 0 Å². The van der Waals surface area contributed by atoms with Crippen molar-refractivity contribution in [3.05, 3.63) is 71.6 Å². The molecule has 2 heterocycles. The van der Waals surface area contributed by atoms with Gasteiger partial charge in [0.2, 0.25) is 0 Å². The van der Waals surface area contributed by atoms with E-state index in [1.54, 1.807) is 12.5 Å². The quantitative estimate of drug-likeness (QED) is 0.468. The summed E-state index contributed by atoms with van der Waals surface area (Å²) in [6, 6.07) is 4.09. The molecular formula is C21H28O2. The van der Waals surface area contributed by atoms with Crippen LogP contribution < -0.4 is 0 Å². The first kappa shape index (κ1) is 17.4. The Balaban J connectivity index is 1.58. The minimum atomic E-state index is 1.07. The normalized spacial score (nSPS) is 12.8. The third-order valence-electron chi connectivity index (χ3n) is 4.15. The van der Waals surface area contributed by atoms with E-state index in [1.807, 2.05) is 18.6 Å². The van der Waals surface area contributed by atoms with Gasteiger partial charge in [0.25, 0.3) is 0 Å². The molecule has 0 radical (unpaired) electrons. The average molecular weight is 312 g/mol. The second kappa shape index (κ2) is 9.94. The fraction of sp³-hybridized carbons (Fsp3) is 0.429. The number of hydrogen-bond acceptors (Lipinski definition) is 2. The number of furan rings is 2. The van der Waals surface area contributed by atoms with Crippen LogP contribution in [0.4, 0.5) is 0 Å². The first-order valence-corrected chi connectivity index (χ1v) is 8.57. The monoisotopic (exact) mass is 312 g/mol. The Labute approximate surface area is 139 Å². The largest absolute Gasteiger partial charge is 0.472 e. The van der Waals surface area contributed by atoms with Crippen molar-refractivity contribution in [1.29, 1.82) is 0 Å². The van der Waals surface area contributed by atoms with Crippen molar-refractivity contribution in [3.8, 4) is 0 Å². The van der Waals surface area contributed by atoms with Gasteiger partial charge in [-0.25, -0.2) is 0 Å². The molecule has 0 N–H and O–H groups in total. The van der Waals surface area contributed by atoms with E-state index in [0.717, 1.165) is 32.1 Å². The lowest BCUT2D eigenvalue weighted by Crippen LogP contribution is -1.85. The summed E-state index contributed by atoms with van der Waals surface area (Å²) in [5.74, 6) is 0. The third kappa shape index (κ3) is 7.23. The van der Waals surface area contributed by atoms with E-state index in [9.17, 15) is 0 Å². The molecule has 124 valence electrons. The van der Waals surface area contributed by atoms with E-state index in [2.05, 4.69) is 32.1 Å². The van der Waals surface area contributed by atoms with Gasteiger partial charge in [0, 0.05) is 0 Å². The summed E-state index contributed by atoms with van der Waals surface area (Å²) in [5.41, 5.74) is 5.56. The third-order valence-corrected chi connectivity index (χ3v) is 4.15. The molecule has 0 spiro atoms. The van der Waals surface area contributed by atoms with Crippen LogP contribution in [0.5, 0.6) is 0 Å². The summed E-state index contributed by atoms with van der Waals surface area (Å²) in [5, 5.41) is 0. The molecular weight excluding hydrogens is 284 g/mol. The second-order valence-electron chi connectivity index (χ2n) is 6.30. The van der Waals surface area contributed by atoms with Crippen molar-refractivity contribution in [2.24, 2.45) is 0 Å². The van der Waals surface area contributed by atoms with E-state index in [-0.39, 0.29) is 0 Å². The molecule has 23 heavy (non-hydrogen) atoms. The SMILES string of the molecule is C/C(=C\CCc1ccoc1)CC/C=C(\C)CCCc1ccoc1. The van der Waals surface area contributed by atoms with Gasteiger partial charge >= 0.3 is 0 Å². The molecule has 0 amide bonds. The van der Waals surface area contributed by atoms with E-state index in [1.165, 1.54) is 35.1 Å². The van der Waals surface area contributed by atoms with Crippen LogP contribution in [0, 0.1) is 0 Å². The van der Waals surface area contributed by atoms with Crippen LogP contribution in [0.3, 0.4) is 0 Å². The highest BCUT2D eigenvalue weighted by Gasteiger charge is 1.97. The zero-order valence-electron chi connectivity index (χ0n) is 14.4. The van der Waals surface area contributed by atoms with Gasteiger partial charge in [-0.05, 0) is 82.1 Å². The first-order valence-electron chi connectivity index (χ1n) is 8.57.